The Balaban J connectivity index is 2.93. The third-order valence-corrected chi connectivity index (χ3v) is 2.61. The number of methoxy groups -OCH3 is 1. The summed E-state index contributed by atoms with van der Waals surface area (Å²) in [5.74, 6) is -1.05. The molecule has 0 aliphatic rings. The number of benzene rings is 1. The van der Waals surface area contributed by atoms with Crippen molar-refractivity contribution in [3.05, 3.63) is 29.3 Å². The van der Waals surface area contributed by atoms with Gasteiger partial charge in [0, 0.05) is 0 Å². The van der Waals surface area contributed by atoms with Gasteiger partial charge in [-0.1, -0.05) is 13.0 Å². The molecule has 2 N–H and O–H groups in total. The van der Waals surface area contributed by atoms with Crippen LogP contribution >= 0.6 is 0 Å². The summed E-state index contributed by atoms with van der Waals surface area (Å²) in [5.41, 5.74) is 1.30. The van der Waals surface area contributed by atoms with Crippen LogP contribution in [0.3, 0.4) is 0 Å². The quantitative estimate of drug-likeness (QED) is 0.833. The van der Waals surface area contributed by atoms with Crippen LogP contribution in [0.2, 0.25) is 0 Å². The molecule has 98 valence electrons. The van der Waals surface area contributed by atoms with Crippen molar-refractivity contribution in [1.82, 2.24) is 5.32 Å². The molecule has 0 saturated heterocycles. The second kappa shape index (κ2) is 6.05. The third-order valence-electron chi connectivity index (χ3n) is 2.61. The van der Waals surface area contributed by atoms with E-state index >= 15 is 0 Å². The molecule has 0 aliphatic heterocycles. The molecule has 1 aromatic rings. The molecule has 0 heterocycles. The highest BCUT2D eigenvalue weighted by atomic mass is 16.5. The van der Waals surface area contributed by atoms with E-state index in [1.165, 1.54) is 7.11 Å². The lowest BCUT2D eigenvalue weighted by Gasteiger charge is -2.14. The maximum absolute atomic E-state index is 12.0. The molecule has 18 heavy (non-hydrogen) atoms. The van der Waals surface area contributed by atoms with E-state index in [9.17, 15) is 9.59 Å². The second-order valence-corrected chi connectivity index (χ2v) is 3.98. The molecule has 0 bridgehead atoms. The molecule has 5 heteroatoms. The molecule has 0 radical (unpaired) electrons. The Morgan fingerprint density at radius 2 is 2.11 bits per heavy atom. The van der Waals surface area contributed by atoms with Gasteiger partial charge in [0.25, 0.3) is 5.91 Å². The lowest BCUT2D eigenvalue weighted by Crippen LogP contribution is -2.40. The first-order valence-corrected chi connectivity index (χ1v) is 5.67. The molecular formula is C13H17NO4. The van der Waals surface area contributed by atoms with Crippen LogP contribution in [-0.2, 0) is 4.79 Å². The van der Waals surface area contributed by atoms with E-state index in [4.69, 9.17) is 9.84 Å². The maximum atomic E-state index is 12.0. The SMILES string of the molecule is CCC(NC(=O)c1ccc(C)cc1OC)C(=O)O. The first-order valence-electron chi connectivity index (χ1n) is 5.67. The van der Waals surface area contributed by atoms with Crippen molar-refractivity contribution in [3.63, 3.8) is 0 Å². The van der Waals surface area contributed by atoms with Crippen molar-refractivity contribution in [2.24, 2.45) is 0 Å². The maximum Gasteiger partial charge on any atom is 0.326 e. The molecule has 1 amide bonds. The Morgan fingerprint density at radius 3 is 2.61 bits per heavy atom. The number of amides is 1. The van der Waals surface area contributed by atoms with Crippen LogP contribution in [-0.4, -0.2) is 30.1 Å². The molecule has 1 atom stereocenters. The molecule has 1 unspecified atom stereocenters. The lowest BCUT2D eigenvalue weighted by molar-refractivity contribution is -0.139. The number of hydrogen-bond donors (Lipinski definition) is 2. The topological polar surface area (TPSA) is 75.6 Å². The van der Waals surface area contributed by atoms with Crippen LogP contribution in [0.25, 0.3) is 0 Å². The van der Waals surface area contributed by atoms with Crippen molar-refractivity contribution in [2.75, 3.05) is 7.11 Å². The van der Waals surface area contributed by atoms with Crippen molar-refractivity contribution < 1.29 is 19.4 Å². The average molecular weight is 251 g/mol. The molecule has 1 aromatic carbocycles. The van der Waals surface area contributed by atoms with E-state index in [0.717, 1.165) is 5.56 Å². The van der Waals surface area contributed by atoms with Crippen molar-refractivity contribution in [3.8, 4) is 5.75 Å². The number of hydrogen-bond acceptors (Lipinski definition) is 3. The Hall–Kier alpha value is -2.04. The van der Waals surface area contributed by atoms with Gasteiger partial charge in [0.1, 0.15) is 11.8 Å². The van der Waals surface area contributed by atoms with Gasteiger partial charge in [-0.2, -0.15) is 0 Å². The zero-order chi connectivity index (χ0) is 13.7. The predicted octanol–water partition coefficient (Wildman–Crippen LogP) is 1.60. The van der Waals surface area contributed by atoms with Gasteiger partial charge in [-0.3, -0.25) is 4.79 Å². The zero-order valence-electron chi connectivity index (χ0n) is 10.7. The fourth-order valence-electron chi connectivity index (χ4n) is 1.56. The number of carbonyl (C=O) groups is 2. The minimum absolute atomic E-state index is 0.329. The molecule has 0 spiro atoms. The Kier molecular flexibility index (Phi) is 4.71. The summed E-state index contributed by atoms with van der Waals surface area (Å²) in [5, 5.41) is 11.4. The lowest BCUT2D eigenvalue weighted by atomic mass is 10.1. The number of ether oxygens (including phenoxy) is 1. The number of nitrogens with one attached hydrogen (secondary N) is 1. The van der Waals surface area contributed by atoms with Gasteiger partial charge >= 0.3 is 5.97 Å². The minimum Gasteiger partial charge on any atom is -0.496 e. The van der Waals surface area contributed by atoms with Crippen LogP contribution in [0.5, 0.6) is 5.75 Å². The molecule has 0 aliphatic carbocycles. The van der Waals surface area contributed by atoms with E-state index in [1.54, 1.807) is 25.1 Å². The van der Waals surface area contributed by atoms with E-state index in [1.807, 2.05) is 6.92 Å². The minimum atomic E-state index is -1.04. The van der Waals surface area contributed by atoms with Gasteiger partial charge in [0.05, 0.1) is 12.7 Å². The number of carbonyl (C=O) groups excluding carboxylic acids is 1. The Bertz CT molecular complexity index is 456. The average Bonchev–Trinajstić information content (AvgIpc) is 2.34. The smallest absolute Gasteiger partial charge is 0.326 e. The highest BCUT2D eigenvalue weighted by Gasteiger charge is 2.20. The van der Waals surface area contributed by atoms with Crippen LogP contribution in [0.4, 0.5) is 0 Å². The van der Waals surface area contributed by atoms with Crippen molar-refractivity contribution in [1.29, 1.82) is 0 Å². The molecular weight excluding hydrogens is 234 g/mol. The normalized spacial score (nSPS) is 11.7. The first-order chi connectivity index (χ1) is 8.49. The molecule has 5 nitrogen and oxygen atoms in total. The van der Waals surface area contributed by atoms with E-state index in [0.29, 0.717) is 17.7 Å². The number of aliphatic carboxylic acids is 1. The summed E-state index contributed by atoms with van der Waals surface area (Å²) in [7, 11) is 1.47. The molecule has 0 saturated carbocycles. The third kappa shape index (κ3) is 3.23. The highest BCUT2D eigenvalue weighted by molar-refractivity contribution is 5.99. The van der Waals surface area contributed by atoms with Crippen molar-refractivity contribution >= 4 is 11.9 Å². The number of carboxylic acids is 1. The van der Waals surface area contributed by atoms with Crippen LogP contribution in [0.1, 0.15) is 29.3 Å². The summed E-state index contributed by atoms with van der Waals surface area (Å²) < 4.78 is 5.11. The van der Waals surface area contributed by atoms with E-state index in [-0.39, 0.29) is 0 Å². The van der Waals surface area contributed by atoms with Crippen LogP contribution < -0.4 is 10.1 Å². The van der Waals surface area contributed by atoms with Gasteiger partial charge in [0.2, 0.25) is 0 Å². The van der Waals surface area contributed by atoms with Crippen LogP contribution in [0, 0.1) is 6.92 Å². The van der Waals surface area contributed by atoms with Crippen molar-refractivity contribution in [2.45, 2.75) is 26.3 Å². The summed E-state index contributed by atoms with van der Waals surface area (Å²) in [6, 6.07) is 4.25. The summed E-state index contributed by atoms with van der Waals surface area (Å²) in [6.07, 6.45) is 0.329. The standard InChI is InChI=1S/C13H17NO4/c1-4-10(13(16)17)14-12(15)9-6-5-8(2)7-11(9)18-3/h5-7,10H,4H2,1-3H3,(H,14,15)(H,16,17). The highest BCUT2D eigenvalue weighted by Crippen LogP contribution is 2.19. The second-order valence-electron chi connectivity index (χ2n) is 3.98. The summed E-state index contributed by atoms with van der Waals surface area (Å²) in [6.45, 7) is 3.59. The molecule has 1 rings (SSSR count). The van der Waals surface area contributed by atoms with Gasteiger partial charge in [-0.15, -0.1) is 0 Å². The van der Waals surface area contributed by atoms with Gasteiger partial charge in [0.15, 0.2) is 0 Å². The number of carboxylic acid groups (broad SMARTS) is 1. The fourth-order valence-corrected chi connectivity index (χ4v) is 1.56. The zero-order valence-corrected chi connectivity index (χ0v) is 10.7. The van der Waals surface area contributed by atoms with E-state index in [2.05, 4.69) is 5.32 Å². The number of rotatable bonds is 5. The monoisotopic (exact) mass is 251 g/mol. The predicted molar refractivity (Wildman–Crippen MR) is 66.9 cm³/mol. The van der Waals surface area contributed by atoms with E-state index < -0.39 is 17.9 Å². The fraction of sp³-hybridized carbons (Fsp3) is 0.385. The van der Waals surface area contributed by atoms with Gasteiger partial charge in [-0.25, -0.2) is 4.79 Å². The first kappa shape index (κ1) is 14.0. The largest absolute Gasteiger partial charge is 0.496 e. The Labute approximate surface area is 106 Å². The summed E-state index contributed by atoms with van der Waals surface area (Å²) >= 11 is 0. The van der Waals surface area contributed by atoms with Gasteiger partial charge in [-0.05, 0) is 31.0 Å². The molecule has 0 fully saturated rings. The number of aryl methyl sites for hydroxylation is 1. The van der Waals surface area contributed by atoms with Gasteiger partial charge < -0.3 is 15.2 Å². The Morgan fingerprint density at radius 1 is 1.44 bits per heavy atom. The van der Waals surface area contributed by atoms with Crippen LogP contribution in [0.15, 0.2) is 18.2 Å². The molecule has 0 aromatic heterocycles. The summed E-state index contributed by atoms with van der Waals surface area (Å²) in [4.78, 5) is 22.8.